The van der Waals surface area contributed by atoms with E-state index in [1.54, 1.807) is 24.3 Å². The predicted octanol–water partition coefficient (Wildman–Crippen LogP) is 1.77. The fourth-order valence-electron chi connectivity index (χ4n) is 2.40. The van der Waals surface area contributed by atoms with Gasteiger partial charge in [-0.3, -0.25) is 4.79 Å². The minimum Gasteiger partial charge on any atom is -0.468 e. The summed E-state index contributed by atoms with van der Waals surface area (Å²) < 4.78 is 39.5. The molecule has 7 heteroatoms. The number of sulfone groups is 1. The van der Waals surface area contributed by atoms with Crippen LogP contribution < -0.4 is 0 Å². The number of rotatable bonds is 4. The van der Waals surface area contributed by atoms with Crippen molar-refractivity contribution in [3.05, 3.63) is 35.4 Å². The van der Waals surface area contributed by atoms with Gasteiger partial charge in [0.2, 0.25) is 0 Å². The van der Waals surface area contributed by atoms with Gasteiger partial charge in [0, 0.05) is 6.26 Å². The Bertz CT molecular complexity index is 647. The summed E-state index contributed by atoms with van der Waals surface area (Å²) in [5.41, 5.74) is 1.24. The highest BCUT2D eigenvalue weighted by atomic mass is 32.2. The smallest absolute Gasteiger partial charge is 0.328 e. The second kappa shape index (κ2) is 5.98. The van der Waals surface area contributed by atoms with Gasteiger partial charge in [-0.25, -0.2) is 8.42 Å². The molecule has 122 valence electrons. The van der Waals surface area contributed by atoms with Crippen LogP contribution in [0.5, 0.6) is 0 Å². The Morgan fingerprint density at radius 1 is 1.32 bits per heavy atom. The van der Waals surface area contributed by atoms with Gasteiger partial charge in [0.25, 0.3) is 0 Å². The van der Waals surface area contributed by atoms with Crippen molar-refractivity contribution in [3.8, 4) is 0 Å². The van der Waals surface area contributed by atoms with E-state index in [2.05, 4.69) is 4.74 Å². The molecule has 22 heavy (non-hydrogen) atoms. The number of esters is 1. The summed E-state index contributed by atoms with van der Waals surface area (Å²) in [6.07, 6.45) is 0.803. The molecule has 6 nitrogen and oxygen atoms in total. The van der Waals surface area contributed by atoms with E-state index < -0.39 is 26.8 Å². The molecule has 2 unspecified atom stereocenters. The number of carbonyl (C=O) groups excluding carboxylic acids is 1. The second-order valence-electron chi connectivity index (χ2n) is 5.72. The van der Waals surface area contributed by atoms with Crippen LogP contribution in [-0.4, -0.2) is 40.1 Å². The average molecular weight is 328 g/mol. The first-order valence-corrected chi connectivity index (χ1v) is 8.78. The van der Waals surface area contributed by atoms with Crippen LogP contribution in [0.1, 0.15) is 36.3 Å². The van der Waals surface area contributed by atoms with E-state index in [1.165, 1.54) is 7.11 Å². The van der Waals surface area contributed by atoms with Crippen molar-refractivity contribution < 1.29 is 27.4 Å². The van der Waals surface area contributed by atoms with Crippen LogP contribution in [0.2, 0.25) is 0 Å². The zero-order chi connectivity index (χ0) is 16.5. The Labute approximate surface area is 130 Å². The fourth-order valence-corrected chi connectivity index (χ4v) is 3.50. The van der Waals surface area contributed by atoms with Crippen LogP contribution in [0.25, 0.3) is 0 Å². The van der Waals surface area contributed by atoms with E-state index in [4.69, 9.17) is 9.47 Å². The minimum absolute atomic E-state index is 0.209. The third kappa shape index (κ3) is 3.66. The molecule has 1 aliphatic heterocycles. The van der Waals surface area contributed by atoms with E-state index in [9.17, 15) is 13.2 Å². The molecule has 0 aliphatic carbocycles. The van der Waals surface area contributed by atoms with Gasteiger partial charge in [-0.05, 0) is 25.0 Å². The van der Waals surface area contributed by atoms with Crippen LogP contribution in [0, 0.1) is 0 Å². The normalized spacial score (nSPS) is 22.3. The maximum atomic E-state index is 11.8. The average Bonchev–Trinajstić information content (AvgIpc) is 2.78. The lowest BCUT2D eigenvalue weighted by Crippen LogP contribution is -2.22. The summed E-state index contributed by atoms with van der Waals surface area (Å²) >= 11 is 0. The molecular weight excluding hydrogens is 308 g/mol. The molecule has 2 rings (SSSR count). The van der Waals surface area contributed by atoms with Crippen molar-refractivity contribution in [2.24, 2.45) is 0 Å². The molecular formula is C15H20O6S. The number of benzene rings is 1. The first kappa shape index (κ1) is 16.9. The van der Waals surface area contributed by atoms with Crippen LogP contribution in [0.4, 0.5) is 0 Å². The summed E-state index contributed by atoms with van der Waals surface area (Å²) in [5, 5.41) is -1.32. The molecule has 0 saturated carbocycles. The molecule has 1 saturated heterocycles. The summed E-state index contributed by atoms with van der Waals surface area (Å²) in [6.45, 7) is 4.09. The highest BCUT2D eigenvalue weighted by molar-refractivity contribution is 7.91. The van der Waals surface area contributed by atoms with E-state index >= 15 is 0 Å². The Hall–Kier alpha value is -1.44. The Kier molecular flexibility index (Phi) is 4.60. The topological polar surface area (TPSA) is 78.9 Å². The van der Waals surface area contributed by atoms with Gasteiger partial charge in [0.05, 0.1) is 13.7 Å². The van der Waals surface area contributed by atoms with E-state index in [1.807, 2.05) is 13.8 Å². The maximum Gasteiger partial charge on any atom is 0.328 e. The summed E-state index contributed by atoms with van der Waals surface area (Å²) in [5.74, 6) is -1.43. The van der Waals surface area contributed by atoms with Crippen molar-refractivity contribution in [2.45, 2.75) is 31.0 Å². The molecule has 0 radical (unpaired) electrons. The lowest BCUT2D eigenvalue weighted by molar-refractivity contribution is -0.140. The first-order chi connectivity index (χ1) is 10.1. The van der Waals surface area contributed by atoms with E-state index in [-0.39, 0.29) is 6.10 Å². The Morgan fingerprint density at radius 3 is 2.32 bits per heavy atom. The molecule has 1 heterocycles. The van der Waals surface area contributed by atoms with E-state index in [0.29, 0.717) is 12.2 Å². The molecule has 0 bridgehead atoms. The molecule has 0 aromatic heterocycles. The van der Waals surface area contributed by atoms with Gasteiger partial charge < -0.3 is 14.2 Å². The summed E-state index contributed by atoms with van der Waals surface area (Å²) in [7, 11) is -2.44. The predicted molar refractivity (Wildman–Crippen MR) is 79.9 cm³/mol. The SMILES string of the molecule is COC(=O)C(c1ccc(C2COC(C)(C)O2)cc1)S(C)(=O)=O. The third-order valence-corrected chi connectivity index (χ3v) is 4.78. The highest BCUT2D eigenvalue weighted by Crippen LogP contribution is 2.33. The molecule has 1 aromatic carbocycles. The van der Waals surface area contributed by atoms with Gasteiger partial charge in [-0.2, -0.15) is 0 Å². The van der Waals surface area contributed by atoms with E-state index in [0.717, 1.165) is 11.8 Å². The van der Waals surface area contributed by atoms with Crippen molar-refractivity contribution >= 4 is 15.8 Å². The molecule has 0 N–H and O–H groups in total. The number of ether oxygens (including phenoxy) is 3. The van der Waals surface area contributed by atoms with Crippen molar-refractivity contribution in [1.29, 1.82) is 0 Å². The third-order valence-electron chi connectivity index (χ3n) is 3.46. The Morgan fingerprint density at radius 2 is 1.91 bits per heavy atom. The zero-order valence-corrected chi connectivity index (χ0v) is 13.8. The summed E-state index contributed by atoms with van der Waals surface area (Å²) in [6, 6.07) is 6.69. The second-order valence-corrected chi connectivity index (χ2v) is 7.85. The number of hydrogen-bond donors (Lipinski definition) is 0. The largest absolute Gasteiger partial charge is 0.468 e. The minimum atomic E-state index is -3.61. The van der Waals surface area contributed by atoms with Crippen molar-refractivity contribution in [3.63, 3.8) is 0 Å². The maximum absolute atomic E-state index is 11.8. The first-order valence-electron chi connectivity index (χ1n) is 6.82. The molecule has 1 fully saturated rings. The lowest BCUT2D eigenvalue weighted by atomic mass is 10.1. The van der Waals surface area contributed by atoms with Gasteiger partial charge in [0.1, 0.15) is 6.10 Å². The number of hydrogen-bond acceptors (Lipinski definition) is 6. The number of carbonyl (C=O) groups is 1. The highest BCUT2D eigenvalue weighted by Gasteiger charge is 2.35. The van der Waals surface area contributed by atoms with Crippen LogP contribution in [0.15, 0.2) is 24.3 Å². The molecule has 0 amide bonds. The van der Waals surface area contributed by atoms with Crippen LogP contribution in [0.3, 0.4) is 0 Å². The molecule has 2 atom stereocenters. The molecule has 1 aromatic rings. The van der Waals surface area contributed by atoms with Gasteiger partial charge >= 0.3 is 5.97 Å². The monoisotopic (exact) mass is 328 g/mol. The van der Waals surface area contributed by atoms with Crippen molar-refractivity contribution in [2.75, 3.05) is 20.0 Å². The van der Waals surface area contributed by atoms with Gasteiger partial charge in [-0.1, -0.05) is 24.3 Å². The van der Waals surface area contributed by atoms with Crippen molar-refractivity contribution in [1.82, 2.24) is 0 Å². The van der Waals surface area contributed by atoms with Gasteiger partial charge in [0.15, 0.2) is 20.9 Å². The quantitative estimate of drug-likeness (QED) is 0.784. The summed E-state index contributed by atoms with van der Waals surface area (Å²) in [4.78, 5) is 11.7. The standard InChI is InChI=1S/C15H20O6S/c1-15(2)20-9-12(21-15)10-5-7-11(8-6-10)13(14(16)19-3)22(4,17)18/h5-8,12-13H,9H2,1-4H3. The number of methoxy groups -OCH3 is 1. The molecule has 1 aliphatic rings. The molecule has 0 spiro atoms. The van der Waals surface area contributed by atoms with Crippen LogP contribution >= 0.6 is 0 Å². The van der Waals surface area contributed by atoms with Crippen LogP contribution in [-0.2, 0) is 28.8 Å². The Balaban J connectivity index is 2.26. The van der Waals surface area contributed by atoms with Gasteiger partial charge in [-0.15, -0.1) is 0 Å². The fraction of sp³-hybridized carbons (Fsp3) is 0.533. The zero-order valence-electron chi connectivity index (χ0n) is 13.0. The lowest BCUT2D eigenvalue weighted by Gasteiger charge is -2.18.